The molecule has 36 heavy (non-hydrogen) atoms. The minimum absolute atomic E-state index is 0.0942. The monoisotopic (exact) mass is 526 g/mol. The van der Waals surface area contributed by atoms with Crippen molar-refractivity contribution in [2.75, 3.05) is 11.9 Å². The summed E-state index contributed by atoms with van der Waals surface area (Å²) in [6, 6.07) is 1.71. The third-order valence-corrected chi connectivity index (χ3v) is 5.10. The maximum absolute atomic E-state index is 14.7. The molecule has 0 saturated heterocycles. The van der Waals surface area contributed by atoms with E-state index in [0.29, 0.717) is 6.07 Å². The van der Waals surface area contributed by atoms with Crippen molar-refractivity contribution in [3.63, 3.8) is 0 Å². The standard InChI is InChI=1S/C21H18F8N4O3/c1-9-3-11(35-8-20(24,25)26)7-31-16(9)17(34)32-10-4-12(15(23)13(22)5-10)19(2)6-14(21(27,28)29)36-18(30)33-19/h3-5,7,14H,6,8H2,1-2H3,(H2,30,33)(H,32,34). The van der Waals surface area contributed by atoms with E-state index in [-0.39, 0.29) is 22.7 Å². The van der Waals surface area contributed by atoms with Gasteiger partial charge in [0.25, 0.3) is 11.9 Å². The van der Waals surface area contributed by atoms with Gasteiger partial charge in [-0.1, -0.05) is 0 Å². The molecule has 7 nitrogen and oxygen atoms in total. The molecule has 0 fully saturated rings. The maximum Gasteiger partial charge on any atom is 0.425 e. The zero-order valence-corrected chi connectivity index (χ0v) is 18.5. The van der Waals surface area contributed by atoms with E-state index in [1.54, 1.807) is 0 Å². The Kier molecular flexibility index (Phi) is 7.06. The van der Waals surface area contributed by atoms with Crippen molar-refractivity contribution in [1.29, 1.82) is 0 Å². The number of amidine groups is 1. The summed E-state index contributed by atoms with van der Waals surface area (Å²) in [5.41, 5.74) is 2.19. The van der Waals surface area contributed by atoms with Crippen LogP contribution in [0.5, 0.6) is 5.75 Å². The quantitative estimate of drug-likeness (QED) is 0.549. The molecule has 2 atom stereocenters. The van der Waals surface area contributed by atoms with E-state index >= 15 is 0 Å². The number of aromatic nitrogens is 1. The Hall–Kier alpha value is -3.65. The second-order valence-electron chi connectivity index (χ2n) is 8.09. The number of rotatable bonds is 5. The lowest BCUT2D eigenvalue weighted by molar-refractivity contribution is -0.208. The first-order chi connectivity index (χ1) is 16.5. The number of carbonyl (C=O) groups excluding carboxylic acids is 1. The first kappa shape index (κ1) is 26.9. The second-order valence-corrected chi connectivity index (χ2v) is 8.09. The highest BCUT2D eigenvalue weighted by atomic mass is 19.4. The van der Waals surface area contributed by atoms with Gasteiger partial charge >= 0.3 is 12.4 Å². The van der Waals surface area contributed by atoms with Crippen molar-refractivity contribution < 1.29 is 49.4 Å². The number of halogens is 8. The number of anilines is 1. The van der Waals surface area contributed by atoms with Gasteiger partial charge in [0.2, 0.25) is 0 Å². The van der Waals surface area contributed by atoms with Crippen molar-refractivity contribution in [2.45, 2.75) is 44.3 Å². The van der Waals surface area contributed by atoms with Crippen LogP contribution in [0.25, 0.3) is 0 Å². The van der Waals surface area contributed by atoms with Gasteiger partial charge in [-0.05, 0) is 31.5 Å². The van der Waals surface area contributed by atoms with E-state index in [4.69, 9.17) is 5.73 Å². The van der Waals surface area contributed by atoms with Crippen LogP contribution in [0.4, 0.5) is 40.8 Å². The molecule has 2 aromatic rings. The molecule has 2 unspecified atom stereocenters. The second kappa shape index (κ2) is 9.43. The zero-order valence-electron chi connectivity index (χ0n) is 18.5. The average Bonchev–Trinajstić information content (AvgIpc) is 2.72. The Morgan fingerprint density at radius 3 is 2.47 bits per heavy atom. The molecule has 15 heteroatoms. The third kappa shape index (κ3) is 6.12. The summed E-state index contributed by atoms with van der Waals surface area (Å²) in [7, 11) is 0. The number of aryl methyl sites for hydroxylation is 1. The molecular formula is C21H18F8N4O3. The summed E-state index contributed by atoms with van der Waals surface area (Å²) in [5, 5.41) is 2.23. The van der Waals surface area contributed by atoms with Crippen molar-refractivity contribution in [3.8, 4) is 5.75 Å². The molecule has 0 radical (unpaired) electrons. The fraction of sp³-hybridized carbons (Fsp3) is 0.381. The van der Waals surface area contributed by atoms with Gasteiger partial charge in [-0.3, -0.25) is 4.79 Å². The molecule has 1 aromatic carbocycles. The Morgan fingerprint density at radius 2 is 1.89 bits per heavy atom. The molecule has 0 saturated carbocycles. The Balaban J connectivity index is 1.88. The number of hydrogen-bond donors (Lipinski definition) is 2. The van der Waals surface area contributed by atoms with Crippen molar-refractivity contribution in [2.24, 2.45) is 10.7 Å². The van der Waals surface area contributed by atoms with Crippen LogP contribution >= 0.6 is 0 Å². The lowest BCUT2D eigenvalue weighted by Crippen LogP contribution is -2.46. The summed E-state index contributed by atoms with van der Waals surface area (Å²) < 4.78 is 115. The van der Waals surface area contributed by atoms with Gasteiger partial charge in [-0.2, -0.15) is 26.3 Å². The molecule has 1 amide bonds. The normalized spacial score (nSPS) is 20.4. The van der Waals surface area contributed by atoms with Gasteiger partial charge in [0.1, 0.15) is 11.4 Å². The molecule has 3 N–H and O–H groups in total. The molecule has 2 heterocycles. The fourth-order valence-electron chi connectivity index (χ4n) is 3.49. The fourth-order valence-corrected chi connectivity index (χ4v) is 3.49. The van der Waals surface area contributed by atoms with E-state index in [0.717, 1.165) is 25.3 Å². The summed E-state index contributed by atoms with van der Waals surface area (Å²) in [4.78, 5) is 20.1. The van der Waals surface area contributed by atoms with Crippen molar-refractivity contribution in [3.05, 3.63) is 52.9 Å². The number of benzene rings is 1. The van der Waals surface area contributed by atoms with Crippen LogP contribution in [-0.4, -0.2) is 42.0 Å². The number of nitrogens with one attached hydrogen (secondary N) is 1. The van der Waals surface area contributed by atoms with Gasteiger partial charge < -0.3 is 20.5 Å². The number of carbonyl (C=O) groups is 1. The summed E-state index contributed by atoms with van der Waals surface area (Å²) in [6.07, 6.45) is -12.0. The highest BCUT2D eigenvalue weighted by Crippen LogP contribution is 2.42. The van der Waals surface area contributed by atoms with E-state index in [9.17, 15) is 39.9 Å². The molecule has 1 aromatic heterocycles. The predicted molar refractivity (Wildman–Crippen MR) is 109 cm³/mol. The van der Waals surface area contributed by atoms with Crippen LogP contribution < -0.4 is 15.8 Å². The summed E-state index contributed by atoms with van der Waals surface area (Å²) in [5.74, 6) is -4.22. The van der Waals surface area contributed by atoms with Crippen LogP contribution in [0.1, 0.15) is 35.0 Å². The molecule has 0 bridgehead atoms. The number of nitrogens with two attached hydrogens (primary N) is 1. The number of ether oxygens (including phenoxy) is 2. The first-order valence-electron chi connectivity index (χ1n) is 10.0. The highest BCUT2D eigenvalue weighted by Gasteiger charge is 2.50. The van der Waals surface area contributed by atoms with Gasteiger partial charge in [-0.15, -0.1) is 0 Å². The predicted octanol–water partition coefficient (Wildman–Crippen LogP) is 4.74. The van der Waals surface area contributed by atoms with E-state index in [1.165, 1.54) is 6.92 Å². The number of hydrogen-bond acceptors (Lipinski definition) is 6. The Labute approximate surface area is 198 Å². The number of aliphatic imine (C=N–C) groups is 1. The maximum atomic E-state index is 14.7. The van der Waals surface area contributed by atoms with Crippen LogP contribution in [0, 0.1) is 18.6 Å². The van der Waals surface area contributed by atoms with Gasteiger partial charge in [-0.25, -0.2) is 18.8 Å². The van der Waals surface area contributed by atoms with Gasteiger partial charge in [0, 0.05) is 23.7 Å². The van der Waals surface area contributed by atoms with Crippen LogP contribution in [-0.2, 0) is 10.3 Å². The lowest BCUT2D eigenvalue weighted by Gasteiger charge is -2.36. The van der Waals surface area contributed by atoms with E-state index in [2.05, 4.69) is 24.8 Å². The zero-order chi connectivity index (χ0) is 27.1. The molecule has 0 aliphatic carbocycles. The third-order valence-electron chi connectivity index (χ3n) is 5.10. The van der Waals surface area contributed by atoms with Gasteiger partial charge in [0.05, 0.1) is 11.7 Å². The highest BCUT2D eigenvalue weighted by molar-refractivity contribution is 6.03. The number of amides is 1. The van der Waals surface area contributed by atoms with E-state index in [1.807, 2.05) is 0 Å². The van der Waals surface area contributed by atoms with Gasteiger partial charge in [0.15, 0.2) is 24.3 Å². The summed E-state index contributed by atoms with van der Waals surface area (Å²) >= 11 is 0. The molecular weight excluding hydrogens is 508 g/mol. The molecule has 196 valence electrons. The minimum atomic E-state index is -4.87. The minimum Gasteiger partial charge on any atom is -0.482 e. The van der Waals surface area contributed by atoms with Crippen LogP contribution in [0.15, 0.2) is 29.4 Å². The molecule has 1 aliphatic heterocycles. The summed E-state index contributed by atoms with van der Waals surface area (Å²) in [6.45, 7) is 0.857. The van der Waals surface area contributed by atoms with Crippen LogP contribution in [0.2, 0.25) is 0 Å². The smallest absolute Gasteiger partial charge is 0.425 e. The first-order valence-corrected chi connectivity index (χ1v) is 10.0. The van der Waals surface area contributed by atoms with Crippen LogP contribution in [0.3, 0.4) is 0 Å². The average molecular weight is 526 g/mol. The molecule has 1 aliphatic rings. The topological polar surface area (TPSA) is 98.8 Å². The van der Waals surface area contributed by atoms with Crippen molar-refractivity contribution in [1.82, 2.24) is 4.98 Å². The largest absolute Gasteiger partial charge is 0.482 e. The van der Waals surface area contributed by atoms with E-state index < -0.39 is 66.1 Å². The van der Waals surface area contributed by atoms with Crippen molar-refractivity contribution >= 4 is 17.6 Å². The number of alkyl halides is 6. The Bertz CT molecular complexity index is 1200. The lowest BCUT2D eigenvalue weighted by atomic mass is 9.85. The number of pyridine rings is 1. The SMILES string of the molecule is Cc1cc(OCC(F)(F)F)cnc1C(=O)Nc1cc(F)c(F)c(C2(C)CC(C(F)(F)F)OC(N)=N2)c1. The molecule has 3 rings (SSSR count). The Morgan fingerprint density at radius 1 is 1.22 bits per heavy atom. The number of nitrogens with zero attached hydrogens (tertiary/aromatic N) is 2. The molecule has 0 spiro atoms.